The second-order valence-electron chi connectivity index (χ2n) is 4.48. The average molecular weight is 292 g/mol. The van der Waals surface area contributed by atoms with E-state index in [1.165, 1.54) is 17.7 Å². The summed E-state index contributed by atoms with van der Waals surface area (Å²) in [5.74, 6) is -0.484. The van der Waals surface area contributed by atoms with E-state index in [1.807, 2.05) is 0 Å². The highest BCUT2D eigenvalue weighted by atomic mass is 16.6. The lowest BCUT2D eigenvalue weighted by Crippen LogP contribution is -2.41. The zero-order valence-corrected chi connectivity index (χ0v) is 11.3. The van der Waals surface area contributed by atoms with Crippen molar-refractivity contribution in [2.24, 2.45) is 14.1 Å². The SMILES string of the molecule is Cn1cccc1C(=O)Cn1c(=O)c([N+](=O)[O-])cn(C)c1=O. The van der Waals surface area contributed by atoms with E-state index >= 15 is 0 Å². The molecule has 0 atom stereocenters. The summed E-state index contributed by atoms with van der Waals surface area (Å²) in [5, 5.41) is 10.8. The van der Waals surface area contributed by atoms with Crippen LogP contribution in [-0.2, 0) is 20.6 Å². The van der Waals surface area contributed by atoms with Gasteiger partial charge in [-0.25, -0.2) is 9.36 Å². The predicted molar refractivity (Wildman–Crippen MR) is 72.3 cm³/mol. The van der Waals surface area contributed by atoms with Crippen molar-refractivity contribution >= 4 is 11.5 Å². The zero-order valence-electron chi connectivity index (χ0n) is 11.3. The van der Waals surface area contributed by atoms with E-state index in [0.29, 0.717) is 10.3 Å². The highest BCUT2D eigenvalue weighted by Crippen LogP contribution is 2.03. The summed E-state index contributed by atoms with van der Waals surface area (Å²) in [7, 11) is 2.92. The average Bonchev–Trinajstić information content (AvgIpc) is 2.84. The van der Waals surface area contributed by atoms with Gasteiger partial charge >= 0.3 is 16.9 Å². The summed E-state index contributed by atoms with van der Waals surface area (Å²) in [6.45, 7) is -0.551. The van der Waals surface area contributed by atoms with Crippen molar-refractivity contribution in [3.05, 3.63) is 61.2 Å². The molecule has 0 aliphatic rings. The van der Waals surface area contributed by atoms with Crippen LogP contribution in [0.3, 0.4) is 0 Å². The number of ketones is 1. The highest BCUT2D eigenvalue weighted by molar-refractivity contribution is 5.94. The Balaban J connectivity index is 2.53. The van der Waals surface area contributed by atoms with E-state index in [9.17, 15) is 24.5 Å². The topological polar surface area (TPSA) is 109 Å². The van der Waals surface area contributed by atoms with Gasteiger partial charge < -0.3 is 4.57 Å². The van der Waals surface area contributed by atoms with Crippen LogP contribution in [-0.4, -0.2) is 24.4 Å². The number of carbonyl (C=O) groups excluding carboxylic acids is 1. The summed E-state index contributed by atoms with van der Waals surface area (Å²) in [6, 6.07) is 3.18. The molecule has 0 aliphatic carbocycles. The van der Waals surface area contributed by atoms with Crippen molar-refractivity contribution in [1.29, 1.82) is 0 Å². The predicted octanol–water partition coefficient (Wildman–Crippen LogP) is -0.323. The van der Waals surface area contributed by atoms with E-state index in [2.05, 4.69) is 0 Å². The van der Waals surface area contributed by atoms with Gasteiger partial charge in [0.25, 0.3) is 0 Å². The van der Waals surface area contributed by atoms with Gasteiger partial charge in [0.15, 0.2) is 5.78 Å². The Bertz CT molecular complexity index is 842. The van der Waals surface area contributed by atoms with Crippen LogP contribution >= 0.6 is 0 Å². The molecule has 0 aromatic carbocycles. The Hall–Kier alpha value is -2.97. The van der Waals surface area contributed by atoms with Gasteiger partial charge in [-0.05, 0) is 12.1 Å². The van der Waals surface area contributed by atoms with Crippen LogP contribution in [0.2, 0.25) is 0 Å². The first kappa shape index (κ1) is 14.4. The Kier molecular flexibility index (Phi) is 3.57. The lowest BCUT2D eigenvalue weighted by atomic mass is 10.3. The monoisotopic (exact) mass is 292 g/mol. The first-order valence-electron chi connectivity index (χ1n) is 5.92. The number of rotatable bonds is 4. The third-order valence-corrected chi connectivity index (χ3v) is 3.04. The molecule has 2 aromatic heterocycles. The van der Waals surface area contributed by atoms with E-state index in [-0.39, 0.29) is 0 Å². The lowest BCUT2D eigenvalue weighted by molar-refractivity contribution is -0.387. The smallest absolute Gasteiger partial charge is 0.348 e. The number of carbonyl (C=O) groups is 1. The molecule has 0 aliphatic heterocycles. The minimum atomic E-state index is -1.09. The standard InChI is InChI=1S/C12H12N4O5/c1-13-5-3-4-8(13)10(17)7-15-11(18)9(16(20)21)6-14(2)12(15)19/h3-6H,7H2,1-2H3. The molecular formula is C12H12N4O5. The molecule has 9 nitrogen and oxygen atoms in total. The molecule has 0 amide bonds. The van der Waals surface area contributed by atoms with Gasteiger partial charge in [0.05, 0.1) is 23.4 Å². The fraction of sp³-hybridized carbons (Fsp3) is 0.250. The minimum absolute atomic E-state index is 0.301. The number of nitro groups is 1. The molecule has 2 heterocycles. The molecule has 2 rings (SSSR count). The molecular weight excluding hydrogens is 280 g/mol. The summed E-state index contributed by atoms with van der Waals surface area (Å²) in [5.41, 5.74) is -2.33. The zero-order chi connectivity index (χ0) is 15.7. The Morgan fingerprint density at radius 2 is 1.95 bits per heavy atom. The van der Waals surface area contributed by atoms with Gasteiger partial charge in [-0.3, -0.25) is 24.3 Å². The number of nitrogens with zero attached hydrogens (tertiary/aromatic N) is 4. The molecule has 0 bridgehead atoms. The summed E-state index contributed by atoms with van der Waals surface area (Å²) >= 11 is 0. The molecule has 21 heavy (non-hydrogen) atoms. The van der Waals surface area contributed by atoms with Gasteiger partial charge in [-0.15, -0.1) is 0 Å². The third kappa shape index (κ3) is 2.53. The molecule has 0 fully saturated rings. The number of Topliss-reactive ketones (excluding diaryl/α,β-unsaturated/α-hetero) is 1. The Morgan fingerprint density at radius 1 is 1.29 bits per heavy atom. The van der Waals surface area contributed by atoms with Gasteiger partial charge in [-0.2, -0.15) is 0 Å². The molecule has 110 valence electrons. The van der Waals surface area contributed by atoms with Crippen LogP contribution in [0.5, 0.6) is 0 Å². The van der Waals surface area contributed by atoms with Crippen molar-refractivity contribution in [3.8, 4) is 0 Å². The number of aryl methyl sites for hydroxylation is 2. The maximum atomic E-state index is 12.1. The number of hydrogen-bond donors (Lipinski definition) is 0. The van der Waals surface area contributed by atoms with Crippen molar-refractivity contribution < 1.29 is 9.72 Å². The van der Waals surface area contributed by atoms with Crippen LogP contribution in [0, 0.1) is 10.1 Å². The second kappa shape index (κ2) is 5.19. The van der Waals surface area contributed by atoms with Crippen LogP contribution < -0.4 is 11.2 Å². The largest absolute Gasteiger partial charge is 0.350 e. The van der Waals surface area contributed by atoms with Crippen LogP contribution in [0.25, 0.3) is 0 Å². The molecule has 0 radical (unpaired) electrons. The normalized spacial score (nSPS) is 10.6. The minimum Gasteiger partial charge on any atom is -0.348 e. The number of aromatic nitrogens is 3. The quantitative estimate of drug-likeness (QED) is 0.435. The molecule has 2 aromatic rings. The van der Waals surface area contributed by atoms with E-state index in [0.717, 1.165) is 10.8 Å². The van der Waals surface area contributed by atoms with Gasteiger partial charge in [-0.1, -0.05) is 0 Å². The van der Waals surface area contributed by atoms with Gasteiger partial charge in [0, 0.05) is 20.3 Å². The Morgan fingerprint density at radius 3 is 2.48 bits per heavy atom. The van der Waals surface area contributed by atoms with E-state index in [1.54, 1.807) is 19.3 Å². The fourth-order valence-corrected chi connectivity index (χ4v) is 1.95. The Labute approximate surface area is 117 Å². The van der Waals surface area contributed by atoms with Crippen molar-refractivity contribution in [2.45, 2.75) is 6.54 Å². The molecule has 0 saturated heterocycles. The summed E-state index contributed by atoms with van der Waals surface area (Å²) < 4.78 is 3.00. The molecule has 0 spiro atoms. The summed E-state index contributed by atoms with van der Waals surface area (Å²) in [4.78, 5) is 45.8. The van der Waals surface area contributed by atoms with Gasteiger partial charge in [0.2, 0.25) is 0 Å². The molecule has 0 N–H and O–H groups in total. The first-order chi connectivity index (χ1) is 9.82. The number of hydrogen-bond acceptors (Lipinski definition) is 5. The maximum absolute atomic E-state index is 12.1. The van der Waals surface area contributed by atoms with Gasteiger partial charge in [0.1, 0.15) is 0 Å². The third-order valence-electron chi connectivity index (χ3n) is 3.04. The fourth-order valence-electron chi connectivity index (χ4n) is 1.95. The van der Waals surface area contributed by atoms with Crippen LogP contribution in [0.1, 0.15) is 10.5 Å². The van der Waals surface area contributed by atoms with E-state index in [4.69, 9.17) is 0 Å². The molecule has 9 heteroatoms. The lowest BCUT2D eigenvalue weighted by Gasteiger charge is -2.07. The van der Waals surface area contributed by atoms with Crippen LogP contribution in [0.15, 0.2) is 34.1 Å². The molecule has 0 unspecified atom stereocenters. The maximum Gasteiger partial charge on any atom is 0.350 e. The van der Waals surface area contributed by atoms with Crippen molar-refractivity contribution in [2.75, 3.05) is 0 Å². The highest BCUT2D eigenvalue weighted by Gasteiger charge is 2.21. The summed E-state index contributed by atoms with van der Waals surface area (Å²) in [6.07, 6.45) is 2.48. The van der Waals surface area contributed by atoms with Crippen LogP contribution in [0.4, 0.5) is 5.69 Å². The van der Waals surface area contributed by atoms with Crippen molar-refractivity contribution in [3.63, 3.8) is 0 Å². The second-order valence-corrected chi connectivity index (χ2v) is 4.48. The van der Waals surface area contributed by atoms with Crippen molar-refractivity contribution in [1.82, 2.24) is 13.7 Å². The first-order valence-corrected chi connectivity index (χ1v) is 5.92. The van der Waals surface area contributed by atoms with E-state index < -0.39 is 34.2 Å². The molecule has 0 saturated carbocycles.